The van der Waals surface area contributed by atoms with Gasteiger partial charge in [0.1, 0.15) is 17.0 Å². The van der Waals surface area contributed by atoms with Crippen LogP contribution in [-0.2, 0) is 16.1 Å². The van der Waals surface area contributed by atoms with Crippen LogP contribution < -0.4 is 15.0 Å². The summed E-state index contributed by atoms with van der Waals surface area (Å²) in [5.41, 5.74) is 3.20. The lowest BCUT2D eigenvalue weighted by Gasteiger charge is -2.29. The molecule has 1 aromatic heterocycles. The molecule has 10 heteroatoms. The van der Waals surface area contributed by atoms with Crippen molar-refractivity contribution < 1.29 is 19.1 Å². The molecule has 0 radical (unpaired) electrons. The highest BCUT2D eigenvalue weighted by atomic mass is 35.5. The van der Waals surface area contributed by atoms with E-state index in [1.54, 1.807) is 19.2 Å². The fourth-order valence-electron chi connectivity index (χ4n) is 3.67. The number of rotatable bonds is 8. The van der Waals surface area contributed by atoms with Crippen molar-refractivity contribution in [1.82, 2.24) is 9.40 Å². The number of morpholine rings is 1. The number of methoxy groups -OCH3 is 1. The minimum Gasteiger partial charge on any atom is -0.494 e. The van der Waals surface area contributed by atoms with Gasteiger partial charge in [0.25, 0.3) is 5.91 Å². The number of ether oxygens (including phenoxy) is 2. The summed E-state index contributed by atoms with van der Waals surface area (Å²) in [6, 6.07) is 11.0. The van der Waals surface area contributed by atoms with Crippen molar-refractivity contribution in [2.75, 3.05) is 50.2 Å². The lowest BCUT2D eigenvalue weighted by Crippen LogP contribution is -2.36. The van der Waals surface area contributed by atoms with Gasteiger partial charge in [0, 0.05) is 25.2 Å². The number of anilines is 2. The van der Waals surface area contributed by atoms with Crippen LogP contribution in [0.2, 0.25) is 0 Å². The molecule has 0 unspecified atom stereocenters. The van der Waals surface area contributed by atoms with Crippen LogP contribution in [0.15, 0.2) is 36.4 Å². The highest BCUT2D eigenvalue weighted by molar-refractivity contribution is 7.23. The Hall–Kier alpha value is -2.72. The normalized spacial score (nSPS) is 14.0. The van der Waals surface area contributed by atoms with Crippen molar-refractivity contribution in [3.05, 3.63) is 47.5 Å². The van der Waals surface area contributed by atoms with E-state index in [2.05, 4.69) is 15.2 Å². The van der Waals surface area contributed by atoms with Crippen LogP contribution >= 0.6 is 23.1 Å². The number of amides is 1. The van der Waals surface area contributed by atoms with Gasteiger partial charge in [-0.05, 0) is 48.5 Å². The molecule has 174 valence electrons. The Bertz CT molecular complexity index is 1150. The summed E-state index contributed by atoms with van der Waals surface area (Å²) in [4.78, 5) is 30.9. The maximum atomic E-state index is 12.8. The molecule has 1 fully saturated rings. The van der Waals surface area contributed by atoms with Crippen molar-refractivity contribution in [1.29, 1.82) is 0 Å². The van der Waals surface area contributed by atoms with Gasteiger partial charge in [-0.1, -0.05) is 23.5 Å². The third kappa shape index (κ3) is 5.62. The maximum absolute atomic E-state index is 12.8. The number of hydrogen-bond acceptors (Lipinski definition) is 8. The molecule has 1 amide bonds. The molecule has 0 bridgehead atoms. The predicted molar refractivity (Wildman–Crippen MR) is 131 cm³/mol. The zero-order chi connectivity index (χ0) is 23.4. The van der Waals surface area contributed by atoms with Crippen molar-refractivity contribution in [3.8, 4) is 5.75 Å². The molecule has 0 spiro atoms. The number of Topliss-reactive ketones (excluding diaryl/α,β-unsaturated/α-hetero) is 1. The first kappa shape index (κ1) is 23.4. The van der Waals surface area contributed by atoms with E-state index in [4.69, 9.17) is 21.3 Å². The number of fused-ring (bicyclic) bond motifs is 1. The van der Waals surface area contributed by atoms with Crippen molar-refractivity contribution >= 4 is 55.8 Å². The first-order chi connectivity index (χ1) is 15.9. The van der Waals surface area contributed by atoms with E-state index in [1.165, 1.54) is 22.7 Å². The summed E-state index contributed by atoms with van der Waals surface area (Å²) >= 11 is 7.48. The number of thiazole rings is 1. The molecule has 4 rings (SSSR count). The molecule has 0 aliphatic carbocycles. The predicted octanol–water partition coefficient (Wildman–Crippen LogP) is 3.94. The average Bonchev–Trinajstić information content (AvgIpc) is 3.22. The zero-order valence-corrected chi connectivity index (χ0v) is 20.0. The molecule has 2 heterocycles. The summed E-state index contributed by atoms with van der Waals surface area (Å²) in [7, 11) is 1.61. The fraction of sp³-hybridized carbons (Fsp3) is 0.348. The molecule has 1 saturated heterocycles. The fourth-order valence-corrected chi connectivity index (χ4v) is 4.99. The SMILES string of the molecule is COc1ccc(N2CCOCC2)c2sc(NC(=O)c3ccc(CN(Cl)CC(C)=O)cc3)nc12. The number of carbonyl (C=O) groups is 2. The molecule has 1 aliphatic rings. The number of aromatic nitrogens is 1. The van der Waals surface area contributed by atoms with Crippen molar-refractivity contribution in [2.24, 2.45) is 0 Å². The summed E-state index contributed by atoms with van der Waals surface area (Å²) in [5.74, 6) is 0.406. The van der Waals surface area contributed by atoms with Crippen LogP contribution in [0.1, 0.15) is 22.8 Å². The number of nitrogens with one attached hydrogen (secondary N) is 1. The van der Waals surface area contributed by atoms with Crippen LogP contribution in [0.5, 0.6) is 5.75 Å². The number of benzene rings is 2. The highest BCUT2D eigenvalue weighted by Crippen LogP contribution is 2.39. The zero-order valence-electron chi connectivity index (χ0n) is 18.5. The molecule has 33 heavy (non-hydrogen) atoms. The van der Waals surface area contributed by atoms with E-state index in [1.807, 2.05) is 24.3 Å². The van der Waals surface area contributed by atoms with E-state index in [0.29, 0.717) is 36.2 Å². The summed E-state index contributed by atoms with van der Waals surface area (Å²) < 4.78 is 13.3. The van der Waals surface area contributed by atoms with Gasteiger partial charge >= 0.3 is 0 Å². The Morgan fingerprint density at radius 2 is 1.94 bits per heavy atom. The molecular weight excluding hydrogens is 464 g/mol. The molecule has 2 aromatic carbocycles. The van der Waals surface area contributed by atoms with Gasteiger partial charge in [0.15, 0.2) is 5.13 Å². The van der Waals surface area contributed by atoms with Crippen LogP contribution in [0, 0.1) is 0 Å². The molecule has 3 aromatic rings. The molecule has 1 N–H and O–H groups in total. The maximum Gasteiger partial charge on any atom is 0.257 e. The molecule has 1 aliphatic heterocycles. The number of nitrogens with zero attached hydrogens (tertiary/aromatic N) is 3. The van der Waals surface area contributed by atoms with Gasteiger partial charge in [-0.2, -0.15) is 0 Å². The number of halogens is 1. The summed E-state index contributed by atoms with van der Waals surface area (Å²) in [6.07, 6.45) is 0. The Morgan fingerprint density at radius 3 is 2.61 bits per heavy atom. The highest BCUT2D eigenvalue weighted by Gasteiger charge is 2.20. The topological polar surface area (TPSA) is 84.0 Å². The summed E-state index contributed by atoms with van der Waals surface area (Å²) in [6.45, 7) is 5.04. The van der Waals surface area contributed by atoms with E-state index in [9.17, 15) is 9.59 Å². The second-order valence-electron chi connectivity index (χ2n) is 7.72. The monoisotopic (exact) mass is 488 g/mol. The third-order valence-corrected chi connectivity index (χ3v) is 6.47. The lowest BCUT2D eigenvalue weighted by molar-refractivity contribution is -0.117. The van der Waals surface area contributed by atoms with E-state index in [-0.39, 0.29) is 18.2 Å². The van der Waals surface area contributed by atoms with Gasteiger partial charge in [-0.3, -0.25) is 14.9 Å². The molecule has 0 atom stereocenters. The van der Waals surface area contributed by atoms with Crippen LogP contribution in [0.25, 0.3) is 10.2 Å². The molecule has 8 nitrogen and oxygen atoms in total. The van der Waals surface area contributed by atoms with E-state index >= 15 is 0 Å². The molecule has 0 saturated carbocycles. The van der Waals surface area contributed by atoms with Gasteiger partial charge in [0.2, 0.25) is 0 Å². The number of hydrogen-bond donors (Lipinski definition) is 1. The van der Waals surface area contributed by atoms with Gasteiger partial charge in [0.05, 0.1) is 37.3 Å². The standard InChI is InChI=1S/C23H25ClN4O4S/c1-15(29)13-28(24)14-16-3-5-17(6-4-16)22(30)26-23-25-20-19(31-2)8-7-18(21(20)33-23)27-9-11-32-12-10-27/h3-8H,9-14H2,1-2H3,(H,25,26,30). The Balaban J connectivity index is 1.51. The Labute approximate surface area is 201 Å². The van der Waals surface area contributed by atoms with Crippen molar-refractivity contribution in [2.45, 2.75) is 13.5 Å². The lowest BCUT2D eigenvalue weighted by atomic mass is 10.1. The third-order valence-electron chi connectivity index (χ3n) is 5.24. The number of ketones is 1. The van der Waals surface area contributed by atoms with Crippen molar-refractivity contribution in [3.63, 3.8) is 0 Å². The van der Waals surface area contributed by atoms with Gasteiger partial charge in [-0.15, -0.1) is 0 Å². The van der Waals surface area contributed by atoms with Gasteiger partial charge in [-0.25, -0.2) is 9.40 Å². The number of carbonyl (C=O) groups excluding carboxylic acids is 2. The average molecular weight is 489 g/mol. The first-order valence-electron chi connectivity index (χ1n) is 10.6. The van der Waals surface area contributed by atoms with Crippen LogP contribution in [-0.4, -0.2) is 61.1 Å². The van der Waals surface area contributed by atoms with E-state index in [0.717, 1.165) is 34.6 Å². The first-order valence-corrected chi connectivity index (χ1v) is 11.7. The largest absolute Gasteiger partial charge is 0.494 e. The van der Waals surface area contributed by atoms with Crippen LogP contribution in [0.3, 0.4) is 0 Å². The quantitative estimate of drug-likeness (QED) is 0.481. The second kappa shape index (κ2) is 10.5. The Kier molecular flexibility index (Phi) is 7.44. The molecular formula is C23H25ClN4O4S. The smallest absolute Gasteiger partial charge is 0.257 e. The summed E-state index contributed by atoms with van der Waals surface area (Å²) in [5, 5.41) is 3.41. The second-order valence-corrected chi connectivity index (χ2v) is 9.19. The minimum atomic E-state index is -0.251. The van der Waals surface area contributed by atoms with E-state index < -0.39 is 0 Å². The van der Waals surface area contributed by atoms with Gasteiger partial charge < -0.3 is 14.4 Å². The minimum absolute atomic E-state index is 0.00904. The Morgan fingerprint density at radius 1 is 1.21 bits per heavy atom. The van der Waals surface area contributed by atoms with Crippen LogP contribution in [0.4, 0.5) is 10.8 Å².